The molecule has 17 heavy (non-hydrogen) atoms. The first-order valence-electron chi connectivity index (χ1n) is 6.09. The van der Waals surface area contributed by atoms with Crippen LogP contribution in [0.1, 0.15) is 19.3 Å². The van der Waals surface area contributed by atoms with Gasteiger partial charge in [-0.2, -0.15) is 0 Å². The number of benzene rings is 1. The molecule has 1 aromatic carbocycles. The predicted molar refractivity (Wildman–Crippen MR) is 66.4 cm³/mol. The minimum atomic E-state index is 0.605. The standard InChI is InChI=1S/C13H16N2O2/c14-13-3-1-2-6-15(13)10-4-5-11-12(9-10)17-8-7-16-11/h4-5,9,14H,1-3,6-8H2. The highest BCUT2D eigenvalue weighted by atomic mass is 16.6. The number of rotatable bonds is 1. The van der Waals surface area contributed by atoms with E-state index in [0.717, 1.165) is 43.0 Å². The summed E-state index contributed by atoms with van der Waals surface area (Å²) in [6.45, 7) is 2.15. The summed E-state index contributed by atoms with van der Waals surface area (Å²) in [5.74, 6) is 2.31. The fraction of sp³-hybridized carbons (Fsp3) is 0.462. The molecule has 2 heterocycles. The third-order valence-electron chi connectivity index (χ3n) is 3.21. The molecule has 1 aromatic rings. The largest absolute Gasteiger partial charge is 0.486 e. The Bertz CT molecular complexity index is 445. The number of amidine groups is 1. The quantitative estimate of drug-likeness (QED) is 0.808. The first-order valence-corrected chi connectivity index (χ1v) is 6.09. The summed E-state index contributed by atoms with van der Waals surface area (Å²) in [7, 11) is 0. The Morgan fingerprint density at radius 2 is 1.88 bits per heavy atom. The van der Waals surface area contributed by atoms with E-state index < -0.39 is 0 Å². The molecule has 3 rings (SSSR count). The molecule has 4 nitrogen and oxygen atoms in total. The Labute approximate surface area is 101 Å². The van der Waals surface area contributed by atoms with Crippen molar-refractivity contribution in [3.8, 4) is 11.5 Å². The molecule has 0 aromatic heterocycles. The van der Waals surface area contributed by atoms with Crippen LogP contribution in [0.25, 0.3) is 0 Å². The Morgan fingerprint density at radius 3 is 2.71 bits per heavy atom. The smallest absolute Gasteiger partial charge is 0.163 e. The van der Waals surface area contributed by atoms with Crippen LogP contribution in [0.15, 0.2) is 18.2 Å². The van der Waals surface area contributed by atoms with Gasteiger partial charge in [0.25, 0.3) is 0 Å². The van der Waals surface area contributed by atoms with Gasteiger partial charge in [0.15, 0.2) is 11.5 Å². The van der Waals surface area contributed by atoms with Crippen molar-refractivity contribution in [3.05, 3.63) is 18.2 Å². The van der Waals surface area contributed by atoms with E-state index in [9.17, 15) is 0 Å². The monoisotopic (exact) mass is 232 g/mol. The number of anilines is 1. The maximum Gasteiger partial charge on any atom is 0.163 e. The van der Waals surface area contributed by atoms with E-state index in [4.69, 9.17) is 14.9 Å². The van der Waals surface area contributed by atoms with Gasteiger partial charge in [-0.1, -0.05) is 0 Å². The van der Waals surface area contributed by atoms with Gasteiger partial charge in [-0.05, 0) is 25.0 Å². The summed E-state index contributed by atoms with van der Waals surface area (Å²) in [6.07, 6.45) is 3.14. The van der Waals surface area contributed by atoms with E-state index in [1.54, 1.807) is 0 Å². The third kappa shape index (κ3) is 1.95. The summed E-state index contributed by atoms with van der Waals surface area (Å²) < 4.78 is 11.1. The van der Waals surface area contributed by atoms with Crippen molar-refractivity contribution < 1.29 is 9.47 Å². The van der Waals surface area contributed by atoms with Gasteiger partial charge in [-0.25, -0.2) is 0 Å². The third-order valence-corrected chi connectivity index (χ3v) is 3.21. The molecule has 0 saturated carbocycles. The highest BCUT2D eigenvalue weighted by Crippen LogP contribution is 2.34. The average molecular weight is 232 g/mol. The van der Waals surface area contributed by atoms with Crippen LogP contribution in [0.5, 0.6) is 11.5 Å². The number of ether oxygens (including phenoxy) is 2. The Balaban J connectivity index is 1.89. The van der Waals surface area contributed by atoms with Crippen LogP contribution in [-0.4, -0.2) is 25.6 Å². The summed E-state index contributed by atoms with van der Waals surface area (Å²) in [5, 5.41) is 7.98. The van der Waals surface area contributed by atoms with E-state index in [0.29, 0.717) is 19.0 Å². The van der Waals surface area contributed by atoms with Gasteiger partial charge < -0.3 is 14.4 Å². The molecule has 4 heteroatoms. The molecule has 0 spiro atoms. The Morgan fingerprint density at radius 1 is 1.06 bits per heavy atom. The fourth-order valence-electron chi connectivity index (χ4n) is 2.32. The zero-order chi connectivity index (χ0) is 11.7. The van der Waals surface area contributed by atoms with Gasteiger partial charge in [-0.3, -0.25) is 5.41 Å². The molecule has 0 atom stereocenters. The second kappa shape index (κ2) is 4.28. The first-order chi connectivity index (χ1) is 8.34. The van der Waals surface area contributed by atoms with Crippen LogP contribution in [0.3, 0.4) is 0 Å². The second-order valence-corrected chi connectivity index (χ2v) is 4.38. The van der Waals surface area contributed by atoms with Crippen LogP contribution in [0.4, 0.5) is 5.69 Å². The first kappa shape index (κ1) is 10.4. The summed E-state index contributed by atoms with van der Waals surface area (Å²) >= 11 is 0. The van der Waals surface area contributed by atoms with Gasteiger partial charge in [0.05, 0.1) is 0 Å². The fourth-order valence-corrected chi connectivity index (χ4v) is 2.32. The summed E-state index contributed by atoms with van der Waals surface area (Å²) in [5.41, 5.74) is 1.04. The zero-order valence-corrected chi connectivity index (χ0v) is 9.74. The lowest BCUT2D eigenvalue weighted by Crippen LogP contribution is -2.34. The van der Waals surface area contributed by atoms with Crippen molar-refractivity contribution in [1.29, 1.82) is 5.41 Å². The van der Waals surface area contributed by atoms with Gasteiger partial charge in [0.2, 0.25) is 0 Å². The molecule has 0 unspecified atom stereocenters. The van der Waals surface area contributed by atoms with Gasteiger partial charge in [0.1, 0.15) is 19.0 Å². The van der Waals surface area contributed by atoms with Gasteiger partial charge in [-0.15, -0.1) is 0 Å². The number of hydrogen-bond acceptors (Lipinski definition) is 3. The average Bonchev–Trinajstić information content (AvgIpc) is 2.39. The number of fused-ring (bicyclic) bond motifs is 1. The maximum absolute atomic E-state index is 7.98. The van der Waals surface area contributed by atoms with Crippen molar-refractivity contribution in [2.75, 3.05) is 24.7 Å². The Hall–Kier alpha value is -1.71. The molecule has 0 radical (unpaired) electrons. The van der Waals surface area contributed by atoms with Crippen LogP contribution in [0, 0.1) is 5.41 Å². The molecular weight excluding hydrogens is 216 g/mol. The molecular formula is C13H16N2O2. The molecule has 0 aliphatic carbocycles. The van der Waals surface area contributed by atoms with E-state index >= 15 is 0 Å². The van der Waals surface area contributed by atoms with E-state index in [-0.39, 0.29) is 0 Å². The number of nitrogens with one attached hydrogen (secondary N) is 1. The molecule has 2 aliphatic heterocycles. The van der Waals surface area contributed by atoms with E-state index in [1.165, 1.54) is 0 Å². The van der Waals surface area contributed by atoms with E-state index in [1.807, 2.05) is 18.2 Å². The minimum Gasteiger partial charge on any atom is -0.486 e. The number of hydrogen-bond donors (Lipinski definition) is 1. The highest BCUT2D eigenvalue weighted by Gasteiger charge is 2.19. The van der Waals surface area contributed by atoms with Crippen LogP contribution < -0.4 is 14.4 Å². The molecule has 0 amide bonds. The molecule has 0 bridgehead atoms. The van der Waals surface area contributed by atoms with Crippen molar-refractivity contribution in [2.45, 2.75) is 19.3 Å². The van der Waals surface area contributed by atoms with Crippen molar-refractivity contribution in [1.82, 2.24) is 0 Å². The van der Waals surface area contributed by atoms with Crippen molar-refractivity contribution >= 4 is 11.5 Å². The molecule has 90 valence electrons. The second-order valence-electron chi connectivity index (χ2n) is 4.38. The lowest BCUT2D eigenvalue weighted by Gasteiger charge is -2.30. The molecule has 1 N–H and O–H groups in total. The van der Waals surface area contributed by atoms with Gasteiger partial charge in [0, 0.05) is 24.7 Å². The molecule has 2 aliphatic rings. The van der Waals surface area contributed by atoms with Crippen LogP contribution in [-0.2, 0) is 0 Å². The van der Waals surface area contributed by atoms with Crippen molar-refractivity contribution in [3.63, 3.8) is 0 Å². The number of nitrogens with zero attached hydrogens (tertiary/aromatic N) is 1. The normalized spacial score (nSPS) is 19.3. The maximum atomic E-state index is 7.98. The number of piperidine rings is 1. The van der Waals surface area contributed by atoms with Crippen LogP contribution >= 0.6 is 0 Å². The van der Waals surface area contributed by atoms with Gasteiger partial charge >= 0.3 is 0 Å². The molecule has 1 fully saturated rings. The summed E-state index contributed by atoms with van der Waals surface area (Å²) in [4.78, 5) is 2.06. The van der Waals surface area contributed by atoms with Crippen LogP contribution in [0.2, 0.25) is 0 Å². The zero-order valence-electron chi connectivity index (χ0n) is 9.74. The summed E-state index contributed by atoms with van der Waals surface area (Å²) in [6, 6.07) is 5.92. The highest BCUT2D eigenvalue weighted by molar-refractivity contribution is 5.96. The lowest BCUT2D eigenvalue weighted by atomic mass is 10.1. The topological polar surface area (TPSA) is 45.6 Å². The predicted octanol–water partition coefficient (Wildman–Crippen LogP) is 2.43. The SMILES string of the molecule is N=C1CCCCN1c1ccc2c(c1)OCCO2. The molecule has 1 saturated heterocycles. The van der Waals surface area contributed by atoms with E-state index in [2.05, 4.69) is 4.90 Å². The Kier molecular flexibility index (Phi) is 2.63. The minimum absolute atomic E-state index is 0.605. The van der Waals surface area contributed by atoms with Crippen molar-refractivity contribution in [2.24, 2.45) is 0 Å². The lowest BCUT2D eigenvalue weighted by molar-refractivity contribution is 0.171.